The molecule has 3 aromatic rings. The standard InChI is InChI=1S/C25H30F3N5O3/c1-3-16(31(2)7-6-25(26,27)28)14-32-13-15-10-21-19(11-18(15)24(32)35)22-20(23(34)30-21)12-29-33(22)17-4-8-36-9-5-17/h10-12,16-17H,3-9,13-14H2,1-2H3,(H,30,34)/t16-/m0/s1. The summed E-state index contributed by atoms with van der Waals surface area (Å²) in [5.74, 6) is -0.147. The second kappa shape index (κ2) is 9.51. The third kappa shape index (κ3) is 4.61. The van der Waals surface area contributed by atoms with Crippen molar-refractivity contribution in [3.8, 4) is 0 Å². The first-order valence-electron chi connectivity index (χ1n) is 12.4. The van der Waals surface area contributed by atoms with Gasteiger partial charge in [0.15, 0.2) is 0 Å². The Kier molecular flexibility index (Phi) is 6.54. The number of halogens is 3. The minimum absolute atomic E-state index is 0.110. The molecule has 0 bridgehead atoms. The van der Waals surface area contributed by atoms with Crippen LogP contribution in [0.1, 0.15) is 54.6 Å². The number of hydrogen-bond acceptors (Lipinski definition) is 5. The van der Waals surface area contributed by atoms with E-state index in [0.717, 1.165) is 23.8 Å². The molecule has 4 heterocycles. The lowest BCUT2D eigenvalue weighted by Gasteiger charge is -2.31. The van der Waals surface area contributed by atoms with Gasteiger partial charge in [0.1, 0.15) is 0 Å². The van der Waals surface area contributed by atoms with E-state index >= 15 is 0 Å². The van der Waals surface area contributed by atoms with Crippen LogP contribution in [0.5, 0.6) is 0 Å². The molecule has 2 aliphatic heterocycles. The molecule has 0 saturated carbocycles. The molecular weight excluding hydrogens is 475 g/mol. The lowest BCUT2D eigenvalue weighted by Crippen LogP contribution is -2.43. The van der Waals surface area contributed by atoms with E-state index in [9.17, 15) is 22.8 Å². The third-order valence-corrected chi connectivity index (χ3v) is 7.48. The van der Waals surface area contributed by atoms with Crippen LogP contribution in [0.4, 0.5) is 13.2 Å². The number of alkyl halides is 3. The molecule has 36 heavy (non-hydrogen) atoms. The number of likely N-dealkylation sites (N-methyl/N-ethyl adjacent to an activating group) is 1. The van der Waals surface area contributed by atoms with Crippen LogP contribution < -0.4 is 5.56 Å². The number of fused-ring (bicyclic) bond motifs is 4. The molecule has 0 unspecified atom stereocenters. The second-order valence-corrected chi connectivity index (χ2v) is 9.80. The summed E-state index contributed by atoms with van der Waals surface area (Å²) in [6.45, 7) is 3.75. The molecule has 0 radical (unpaired) electrons. The number of pyridine rings is 1. The monoisotopic (exact) mass is 505 g/mol. The molecule has 1 amide bonds. The molecule has 0 aliphatic carbocycles. The molecule has 1 saturated heterocycles. The van der Waals surface area contributed by atoms with Gasteiger partial charge in [0.25, 0.3) is 11.5 Å². The van der Waals surface area contributed by atoms with E-state index in [0.29, 0.717) is 54.7 Å². The van der Waals surface area contributed by atoms with Gasteiger partial charge in [-0.05, 0) is 44.0 Å². The first-order valence-corrected chi connectivity index (χ1v) is 12.4. The summed E-state index contributed by atoms with van der Waals surface area (Å²) in [4.78, 5) is 32.5. The van der Waals surface area contributed by atoms with Crippen molar-refractivity contribution >= 4 is 27.7 Å². The van der Waals surface area contributed by atoms with Crippen LogP contribution in [0.2, 0.25) is 0 Å². The number of nitrogens with zero attached hydrogens (tertiary/aromatic N) is 4. The first kappa shape index (κ1) is 24.8. The lowest BCUT2D eigenvalue weighted by molar-refractivity contribution is -0.138. The number of aromatic amines is 1. The SMILES string of the molecule is CC[C@@H](CN1Cc2cc3[nH]c(=O)c4cnn(C5CCOCC5)c4c3cc2C1=O)N(C)CCC(F)(F)F. The normalized spacial score (nSPS) is 18.1. The predicted octanol–water partition coefficient (Wildman–Crippen LogP) is 3.85. The minimum atomic E-state index is -4.22. The van der Waals surface area contributed by atoms with E-state index in [4.69, 9.17) is 4.74 Å². The largest absolute Gasteiger partial charge is 0.390 e. The average molecular weight is 506 g/mol. The van der Waals surface area contributed by atoms with Gasteiger partial charge >= 0.3 is 6.18 Å². The molecule has 2 aliphatic rings. The Morgan fingerprint density at radius 2 is 1.97 bits per heavy atom. The second-order valence-electron chi connectivity index (χ2n) is 9.80. The summed E-state index contributed by atoms with van der Waals surface area (Å²) < 4.78 is 45.5. The van der Waals surface area contributed by atoms with Gasteiger partial charge in [-0.15, -0.1) is 0 Å². The number of amides is 1. The van der Waals surface area contributed by atoms with Gasteiger partial charge in [-0.25, -0.2) is 0 Å². The van der Waals surface area contributed by atoms with E-state index in [-0.39, 0.29) is 30.1 Å². The van der Waals surface area contributed by atoms with Gasteiger partial charge in [-0.2, -0.15) is 18.3 Å². The van der Waals surface area contributed by atoms with Crippen molar-refractivity contribution in [2.45, 2.75) is 57.4 Å². The summed E-state index contributed by atoms with van der Waals surface area (Å²) in [7, 11) is 1.67. The fourth-order valence-electron chi connectivity index (χ4n) is 5.38. The van der Waals surface area contributed by atoms with Crippen LogP contribution in [0.25, 0.3) is 21.8 Å². The van der Waals surface area contributed by atoms with E-state index < -0.39 is 12.6 Å². The van der Waals surface area contributed by atoms with Crippen LogP contribution in [-0.4, -0.2) is 76.0 Å². The summed E-state index contributed by atoms with van der Waals surface area (Å²) in [5.41, 5.74) is 2.49. The van der Waals surface area contributed by atoms with Crippen LogP contribution in [0.3, 0.4) is 0 Å². The van der Waals surface area contributed by atoms with Crippen LogP contribution in [-0.2, 0) is 11.3 Å². The molecule has 8 nitrogen and oxygen atoms in total. The van der Waals surface area contributed by atoms with Gasteiger partial charge in [-0.3, -0.25) is 14.3 Å². The maximum absolute atomic E-state index is 13.4. The summed E-state index contributed by atoms with van der Waals surface area (Å²) in [6.07, 6.45) is -1.32. The number of nitrogens with one attached hydrogen (secondary N) is 1. The third-order valence-electron chi connectivity index (χ3n) is 7.48. The highest BCUT2D eigenvalue weighted by Crippen LogP contribution is 2.33. The van der Waals surface area contributed by atoms with Crippen LogP contribution in [0.15, 0.2) is 23.1 Å². The zero-order valence-electron chi connectivity index (χ0n) is 20.4. The van der Waals surface area contributed by atoms with Gasteiger partial charge < -0.3 is 19.5 Å². The molecule has 194 valence electrons. The zero-order valence-corrected chi connectivity index (χ0v) is 20.4. The number of benzene rings is 1. The topological polar surface area (TPSA) is 83.5 Å². The number of hydrogen-bond donors (Lipinski definition) is 1. The van der Waals surface area contributed by atoms with Crippen molar-refractivity contribution in [1.82, 2.24) is 24.6 Å². The Bertz CT molecular complexity index is 1340. The van der Waals surface area contributed by atoms with E-state index in [1.165, 1.54) is 0 Å². The molecule has 1 aromatic carbocycles. The van der Waals surface area contributed by atoms with E-state index in [1.807, 2.05) is 23.7 Å². The van der Waals surface area contributed by atoms with Crippen LogP contribution >= 0.6 is 0 Å². The molecule has 0 spiro atoms. The van der Waals surface area contributed by atoms with Gasteiger partial charge in [0.2, 0.25) is 0 Å². The van der Waals surface area contributed by atoms with Gasteiger partial charge in [0, 0.05) is 49.8 Å². The highest BCUT2D eigenvalue weighted by molar-refractivity contribution is 6.08. The summed E-state index contributed by atoms with van der Waals surface area (Å²) >= 11 is 0. The van der Waals surface area contributed by atoms with Gasteiger partial charge in [-0.1, -0.05) is 6.92 Å². The number of H-pyrrole nitrogens is 1. The molecule has 5 rings (SSSR count). The fourth-order valence-corrected chi connectivity index (χ4v) is 5.38. The maximum atomic E-state index is 13.4. The van der Waals surface area contributed by atoms with Gasteiger partial charge in [0.05, 0.1) is 35.1 Å². The number of carbonyl (C=O) groups is 1. The van der Waals surface area contributed by atoms with E-state index in [1.54, 1.807) is 23.0 Å². The molecular formula is C25H30F3N5O3. The van der Waals surface area contributed by atoms with E-state index in [2.05, 4.69) is 10.1 Å². The smallest absolute Gasteiger partial charge is 0.381 e. The quantitative estimate of drug-likeness (QED) is 0.528. The molecule has 1 fully saturated rings. The summed E-state index contributed by atoms with van der Waals surface area (Å²) in [6, 6.07) is 3.59. The Morgan fingerprint density at radius 3 is 2.67 bits per heavy atom. The Hall–Kier alpha value is -2.92. The Morgan fingerprint density at radius 1 is 1.22 bits per heavy atom. The molecule has 11 heteroatoms. The summed E-state index contributed by atoms with van der Waals surface area (Å²) in [5, 5.41) is 5.76. The zero-order chi connectivity index (χ0) is 25.6. The van der Waals surface area contributed by atoms with Crippen molar-refractivity contribution < 1.29 is 22.7 Å². The minimum Gasteiger partial charge on any atom is -0.381 e. The van der Waals surface area contributed by atoms with Crippen LogP contribution in [0, 0.1) is 0 Å². The predicted molar refractivity (Wildman–Crippen MR) is 129 cm³/mol. The number of aromatic nitrogens is 3. The highest BCUT2D eigenvalue weighted by Gasteiger charge is 2.33. The average Bonchev–Trinajstić information content (AvgIpc) is 3.42. The number of rotatable bonds is 7. The van der Waals surface area contributed by atoms with Crippen molar-refractivity contribution in [2.75, 3.05) is 33.4 Å². The number of ether oxygens (including phenoxy) is 1. The van der Waals surface area contributed by atoms with Crippen molar-refractivity contribution in [2.24, 2.45) is 0 Å². The molecule has 1 N–H and O–H groups in total. The lowest BCUT2D eigenvalue weighted by atomic mass is 10.0. The van der Waals surface area contributed by atoms with Crippen molar-refractivity contribution in [1.29, 1.82) is 0 Å². The molecule has 1 atom stereocenters. The fraction of sp³-hybridized carbons (Fsp3) is 0.560. The highest BCUT2D eigenvalue weighted by atomic mass is 19.4. The van der Waals surface area contributed by atoms with Crippen molar-refractivity contribution in [3.05, 3.63) is 39.8 Å². The Balaban J connectivity index is 1.46. The Labute approximate surface area is 206 Å². The molecule has 2 aromatic heterocycles. The first-order chi connectivity index (χ1) is 17.2. The van der Waals surface area contributed by atoms with Crippen molar-refractivity contribution in [3.63, 3.8) is 0 Å². The maximum Gasteiger partial charge on any atom is 0.390 e. The number of carbonyl (C=O) groups excluding carboxylic acids is 1.